The molecule has 0 aliphatic heterocycles. The third kappa shape index (κ3) is 3.67. The maximum Gasteiger partial charge on any atom is 0.275 e. The Morgan fingerprint density at radius 2 is 1.68 bits per heavy atom. The molecular weight excluding hydrogens is 372 g/mol. The van der Waals surface area contributed by atoms with E-state index in [1.54, 1.807) is 12.1 Å². The van der Waals surface area contributed by atoms with E-state index in [-0.39, 0.29) is 29.4 Å². The molecular formula is C18H15F2N5O3. The number of amides is 2. The van der Waals surface area contributed by atoms with Crippen LogP contribution in [0.2, 0.25) is 0 Å². The Balaban J connectivity index is 1.82. The Hall–Kier alpha value is -3.79. The minimum atomic E-state index is -1.08. The number of aliphatic hydroxyl groups is 1. The van der Waals surface area contributed by atoms with Gasteiger partial charge in [-0.3, -0.25) is 14.7 Å². The summed E-state index contributed by atoms with van der Waals surface area (Å²) < 4.78 is 27.5. The van der Waals surface area contributed by atoms with Crippen molar-refractivity contribution >= 4 is 28.9 Å². The molecule has 0 bridgehead atoms. The zero-order valence-corrected chi connectivity index (χ0v) is 14.3. The molecule has 0 aliphatic carbocycles. The standard InChI is InChI=1S/C18H15F2N5O3/c19-10-4-2-5-11(20)14(10)17(27)24-13-7-22-25-16(13)18(28)23-12-6-1-3-9(8-26)15(12)21/h1-7,26H,8,21H2,(H,22,25)(H,23,28)(H,24,27). The summed E-state index contributed by atoms with van der Waals surface area (Å²) in [5.74, 6) is -3.86. The van der Waals surface area contributed by atoms with Gasteiger partial charge in [-0.15, -0.1) is 0 Å². The summed E-state index contributed by atoms with van der Waals surface area (Å²) in [4.78, 5) is 24.7. The van der Waals surface area contributed by atoms with Crippen LogP contribution in [0.1, 0.15) is 26.4 Å². The predicted molar refractivity (Wildman–Crippen MR) is 97.6 cm³/mol. The molecule has 2 aromatic carbocycles. The van der Waals surface area contributed by atoms with Gasteiger partial charge in [0.15, 0.2) is 0 Å². The summed E-state index contributed by atoms with van der Waals surface area (Å²) in [6.45, 7) is -0.310. The second-order valence-corrected chi connectivity index (χ2v) is 5.70. The molecule has 1 aromatic heterocycles. The Kier molecular flexibility index (Phi) is 5.32. The average Bonchev–Trinajstić information content (AvgIpc) is 3.11. The fourth-order valence-electron chi connectivity index (χ4n) is 2.50. The van der Waals surface area contributed by atoms with E-state index in [4.69, 9.17) is 5.73 Å². The number of hydrogen-bond acceptors (Lipinski definition) is 5. The number of H-pyrrole nitrogens is 1. The van der Waals surface area contributed by atoms with Crippen molar-refractivity contribution in [1.29, 1.82) is 0 Å². The number of nitrogens with two attached hydrogens (primary N) is 1. The van der Waals surface area contributed by atoms with Gasteiger partial charge in [-0.1, -0.05) is 18.2 Å². The first-order valence-corrected chi connectivity index (χ1v) is 8.00. The summed E-state index contributed by atoms with van der Waals surface area (Å²) in [7, 11) is 0. The van der Waals surface area contributed by atoms with Crippen molar-refractivity contribution in [2.45, 2.75) is 6.61 Å². The zero-order valence-electron chi connectivity index (χ0n) is 14.3. The lowest BCUT2D eigenvalue weighted by molar-refractivity contribution is 0.101. The van der Waals surface area contributed by atoms with Crippen LogP contribution >= 0.6 is 0 Å². The van der Waals surface area contributed by atoms with Crippen molar-refractivity contribution in [1.82, 2.24) is 10.2 Å². The molecule has 0 atom stereocenters. The second kappa shape index (κ2) is 7.84. The Morgan fingerprint density at radius 1 is 1.04 bits per heavy atom. The number of halogens is 2. The second-order valence-electron chi connectivity index (χ2n) is 5.70. The first kappa shape index (κ1) is 19.0. The number of rotatable bonds is 5. The highest BCUT2D eigenvalue weighted by Crippen LogP contribution is 2.24. The molecule has 10 heteroatoms. The summed E-state index contributed by atoms with van der Waals surface area (Å²) in [6.07, 6.45) is 1.12. The summed E-state index contributed by atoms with van der Waals surface area (Å²) in [5, 5.41) is 20.1. The van der Waals surface area contributed by atoms with Crippen LogP contribution < -0.4 is 16.4 Å². The van der Waals surface area contributed by atoms with E-state index in [9.17, 15) is 23.5 Å². The van der Waals surface area contributed by atoms with E-state index in [2.05, 4.69) is 20.8 Å². The molecule has 0 saturated heterocycles. The van der Waals surface area contributed by atoms with Crippen LogP contribution in [0.25, 0.3) is 0 Å². The number of para-hydroxylation sites is 1. The number of anilines is 3. The molecule has 0 saturated carbocycles. The predicted octanol–water partition coefficient (Wildman–Crippen LogP) is 2.27. The molecule has 2 amide bonds. The van der Waals surface area contributed by atoms with E-state index in [1.807, 2.05) is 0 Å². The third-order valence-corrected chi connectivity index (χ3v) is 3.92. The Morgan fingerprint density at radius 3 is 2.36 bits per heavy atom. The average molecular weight is 387 g/mol. The molecule has 0 aliphatic rings. The molecule has 28 heavy (non-hydrogen) atoms. The van der Waals surface area contributed by atoms with Gasteiger partial charge < -0.3 is 21.5 Å². The van der Waals surface area contributed by atoms with E-state index in [0.29, 0.717) is 5.56 Å². The number of carbonyl (C=O) groups excluding carboxylic acids is 2. The van der Waals surface area contributed by atoms with Gasteiger partial charge in [-0.25, -0.2) is 8.78 Å². The molecule has 1 heterocycles. The van der Waals surface area contributed by atoms with Crippen molar-refractivity contribution in [3.63, 3.8) is 0 Å². The summed E-state index contributed by atoms with van der Waals surface area (Å²) in [5.41, 5.74) is 5.69. The van der Waals surface area contributed by atoms with Crippen LogP contribution in [-0.2, 0) is 6.61 Å². The molecule has 3 aromatic rings. The minimum absolute atomic E-state index is 0.0814. The van der Waals surface area contributed by atoms with E-state index in [0.717, 1.165) is 24.4 Å². The van der Waals surface area contributed by atoms with Crippen molar-refractivity contribution in [2.75, 3.05) is 16.4 Å². The molecule has 144 valence electrons. The minimum Gasteiger partial charge on any atom is -0.397 e. The lowest BCUT2D eigenvalue weighted by Gasteiger charge is -2.11. The van der Waals surface area contributed by atoms with Crippen LogP contribution in [0, 0.1) is 11.6 Å². The smallest absolute Gasteiger partial charge is 0.275 e. The number of nitrogens with one attached hydrogen (secondary N) is 3. The van der Waals surface area contributed by atoms with Crippen molar-refractivity contribution in [2.24, 2.45) is 0 Å². The monoisotopic (exact) mass is 387 g/mol. The first-order valence-electron chi connectivity index (χ1n) is 8.00. The fourth-order valence-corrected chi connectivity index (χ4v) is 2.50. The summed E-state index contributed by atoms with van der Waals surface area (Å²) in [6, 6.07) is 7.72. The maximum absolute atomic E-state index is 13.8. The quantitative estimate of drug-likeness (QED) is 0.428. The van der Waals surface area contributed by atoms with E-state index in [1.165, 1.54) is 6.07 Å². The lowest BCUT2D eigenvalue weighted by atomic mass is 10.1. The van der Waals surface area contributed by atoms with Crippen LogP contribution in [0.3, 0.4) is 0 Å². The van der Waals surface area contributed by atoms with Gasteiger partial charge in [0.25, 0.3) is 11.8 Å². The lowest BCUT2D eigenvalue weighted by Crippen LogP contribution is -2.20. The topological polar surface area (TPSA) is 133 Å². The highest BCUT2D eigenvalue weighted by molar-refractivity contribution is 6.12. The van der Waals surface area contributed by atoms with Gasteiger partial charge in [0.2, 0.25) is 0 Å². The normalized spacial score (nSPS) is 10.5. The highest BCUT2D eigenvalue weighted by Gasteiger charge is 2.21. The van der Waals surface area contributed by atoms with Gasteiger partial charge in [0.1, 0.15) is 22.9 Å². The van der Waals surface area contributed by atoms with Crippen LogP contribution in [0.4, 0.5) is 25.8 Å². The van der Waals surface area contributed by atoms with Crippen LogP contribution in [-0.4, -0.2) is 27.1 Å². The molecule has 0 radical (unpaired) electrons. The number of nitrogen functional groups attached to an aromatic ring is 1. The number of benzene rings is 2. The largest absolute Gasteiger partial charge is 0.397 e. The molecule has 0 unspecified atom stereocenters. The van der Waals surface area contributed by atoms with E-state index < -0.39 is 29.0 Å². The number of carbonyl (C=O) groups is 2. The van der Waals surface area contributed by atoms with Gasteiger partial charge in [-0.2, -0.15) is 5.10 Å². The van der Waals surface area contributed by atoms with Gasteiger partial charge >= 0.3 is 0 Å². The maximum atomic E-state index is 13.8. The first-order chi connectivity index (χ1) is 13.4. The van der Waals surface area contributed by atoms with Crippen LogP contribution in [0.15, 0.2) is 42.6 Å². The van der Waals surface area contributed by atoms with Crippen molar-refractivity contribution < 1.29 is 23.5 Å². The van der Waals surface area contributed by atoms with Gasteiger partial charge in [-0.05, 0) is 18.2 Å². The van der Waals surface area contributed by atoms with Gasteiger partial charge in [0.05, 0.1) is 29.9 Å². The number of nitrogens with zero attached hydrogens (tertiary/aromatic N) is 1. The number of aromatic amines is 1. The molecule has 3 rings (SSSR count). The summed E-state index contributed by atoms with van der Waals surface area (Å²) >= 11 is 0. The van der Waals surface area contributed by atoms with Crippen molar-refractivity contribution in [3.8, 4) is 0 Å². The molecule has 0 fully saturated rings. The number of hydrogen-bond donors (Lipinski definition) is 5. The molecule has 8 nitrogen and oxygen atoms in total. The fraction of sp³-hybridized carbons (Fsp3) is 0.0556. The zero-order chi connectivity index (χ0) is 20.3. The van der Waals surface area contributed by atoms with Crippen molar-refractivity contribution in [3.05, 3.63) is 71.1 Å². The molecule has 0 spiro atoms. The number of aliphatic hydroxyl groups excluding tert-OH is 1. The third-order valence-electron chi connectivity index (χ3n) is 3.92. The SMILES string of the molecule is Nc1c(CO)cccc1NC(=O)c1[nH]ncc1NC(=O)c1c(F)cccc1F. The molecule has 6 N–H and O–H groups in total. The number of aromatic nitrogens is 2. The Bertz CT molecular complexity index is 1030. The highest BCUT2D eigenvalue weighted by atomic mass is 19.1. The van der Waals surface area contributed by atoms with E-state index >= 15 is 0 Å². The van der Waals surface area contributed by atoms with Crippen LogP contribution in [0.5, 0.6) is 0 Å². The Labute approximate surface area is 157 Å². The van der Waals surface area contributed by atoms with Gasteiger partial charge in [0, 0.05) is 5.56 Å².